The van der Waals surface area contributed by atoms with E-state index in [0.29, 0.717) is 0 Å². The van der Waals surface area contributed by atoms with Crippen molar-refractivity contribution in [3.05, 3.63) is 0 Å². The van der Waals surface area contributed by atoms with Gasteiger partial charge in [-0.25, -0.2) is 0 Å². The summed E-state index contributed by atoms with van der Waals surface area (Å²) in [7, 11) is -1.17. The minimum Gasteiger partial charge on any atom is -0.162 e. The monoisotopic (exact) mass is 129 g/mol. The molecule has 2 nitrogen and oxygen atoms in total. The van der Waals surface area contributed by atoms with Gasteiger partial charge in [-0.1, -0.05) is 0 Å². The maximum Gasteiger partial charge on any atom is 0.491 e. The van der Waals surface area contributed by atoms with E-state index in [2.05, 4.69) is 0 Å². The second-order valence-electron chi connectivity index (χ2n) is 0.0913. The maximum atomic E-state index is 8.51. The van der Waals surface area contributed by atoms with Crippen LogP contribution >= 0.6 is 8.69 Å². The van der Waals surface area contributed by atoms with Gasteiger partial charge in [0, 0.05) is 19.5 Å². The zero-order chi connectivity index (χ0) is 2.71. The Bertz CT molecular complexity index is 13.5. The predicted octanol–water partition coefficient (Wildman–Crippen LogP) is -0.0848. The Kier molecular flexibility index (Phi) is 20.6. The fourth-order valence-electron chi connectivity index (χ4n) is 0. The van der Waals surface area contributed by atoms with E-state index < -0.39 is 8.69 Å². The molecule has 0 amide bonds. The van der Waals surface area contributed by atoms with Gasteiger partial charge in [0.1, 0.15) is 0 Å². The molecular weight excluding hydrogens is 128 g/mol. The van der Waals surface area contributed by atoms with Crippen LogP contribution in [0.15, 0.2) is 0 Å². The van der Waals surface area contributed by atoms with E-state index in [1.807, 2.05) is 0 Å². The quantitative estimate of drug-likeness (QED) is 0.368. The average Bonchev–Trinajstić information content (AvgIpc) is 0.918. The summed E-state index contributed by atoms with van der Waals surface area (Å²) in [5, 5.41) is 0. The Hall–Kier alpha value is 0.683. The van der Waals surface area contributed by atoms with Gasteiger partial charge in [-0.15, -0.1) is 0 Å². The zero-order valence-corrected chi connectivity index (χ0v) is 6.03. The van der Waals surface area contributed by atoms with E-state index in [9.17, 15) is 0 Å². The molecule has 0 aromatic carbocycles. The summed E-state index contributed by atoms with van der Waals surface area (Å²) in [4.78, 5) is 7.04. The molecule has 0 aromatic rings. The fourth-order valence-corrected chi connectivity index (χ4v) is 0. The van der Waals surface area contributed by atoms with Crippen LogP contribution in [0.1, 0.15) is 0 Å². The van der Waals surface area contributed by atoms with Gasteiger partial charge < -0.3 is 0 Å². The van der Waals surface area contributed by atoms with Gasteiger partial charge in [-0.05, 0) is 4.57 Å². The molecule has 0 fully saturated rings. The first-order valence-electron chi connectivity index (χ1n) is 0.428. The second kappa shape index (κ2) is 9.36. The minimum absolute atomic E-state index is 0. The first-order valence-corrected chi connectivity index (χ1v) is 1.28. The summed E-state index contributed by atoms with van der Waals surface area (Å²) in [5.74, 6) is 0. The molecule has 0 saturated carbocycles. The van der Waals surface area contributed by atoms with E-state index in [1.165, 1.54) is 0 Å². The SMILES string of the molecule is O=[PH+]O.[Zn]. The molecule has 20 valence electrons. The average molecular weight is 130 g/mol. The van der Waals surface area contributed by atoms with Crippen molar-refractivity contribution in [2.24, 2.45) is 0 Å². The molecule has 0 aliphatic rings. The van der Waals surface area contributed by atoms with Crippen molar-refractivity contribution < 1.29 is 28.9 Å². The molecule has 0 aromatic heterocycles. The standard InChI is InChI=1S/HO2P.Zn/c1-3-2;/h3H;/p+1. The molecule has 0 saturated heterocycles. The summed E-state index contributed by atoms with van der Waals surface area (Å²) in [5.41, 5.74) is 0. The van der Waals surface area contributed by atoms with Crippen LogP contribution in [-0.4, -0.2) is 4.89 Å². The molecule has 4 heavy (non-hydrogen) atoms. The van der Waals surface area contributed by atoms with E-state index in [1.54, 1.807) is 0 Å². The Morgan fingerprint density at radius 3 is 1.75 bits per heavy atom. The Labute approximate surface area is 38.3 Å². The Morgan fingerprint density at radius 1 is 1.75 bits per heavy atom. The summed E-state index contributed by atoms with van der Waals surface area (Å²) in [6, 6.07) is 0. The van der Waals surface area contributed by atoms with Crippen molar-refractivity contribution in [1.82, 2.24) is 0 Å². The van der Waals surface area contributed by atoms with Crippen molar-refractivity contribution in [3.63, 3.8) is 0 Å². The van der Waals surface area contributed by atoms with E-state index >= 15 is 0 Å². The van der Waals surface area contributed by atoms with Gasteiger partial charge in [-0.3, -0.25) is 0 Å². The second-order valence-corrected chi connectivity index (χ2v) is 0.274. The molecule has 0 aliphatic heterocycles. The van der Waals surface area contributed by atoms with Crippen LogP contribution in [0, 0.1) is 0 Å². The number of hydrogen-bond donors (Lipinski definition) is 1. The van der Waals surface area contributed by atoms with Gasteiger partial charge >= 0.3 is 8.69 Å². The molecule has 0 radical (unpaired) electrons. The molecule has 0 heterocycles. The van der Waals surface area contributed by atoms with Crippen molar-refractivity contribution in [3.8, 4) is 0 Å². The minimum atomic E-state index is -1.17. The fraction of sp³-hybridized carbons (Fsp3) is 0. The van der Waals surface area contributed by atoms with Gasteiger partial charge in [0.15, 0.2) is 0 Å². The molecule has 1 N–H and O–H groups in total. The van der Waals surface area contributed by atoms with E-state index in [4.69, 9.17) is 9.46 Å². The first-order chi connectivity index (χ1) is 1.41. The van der Waals surface area contributed by atoms with Crippen LogP contribution in [0.5, 0.6) is 0 Å². The maximum absolute atomic E-state index is 8.51. The molecular formula is H2O2PZn+. The molecule has 0 spiro atoms. The van der Waals surface area contributed by atoms with E-state index in [-0.39, 0.29) is 19.5 Å². The van der Waals surface area contributed by atoms with Gasteiger partial charge in [-0.2, -0.15) is 4.89 Å². The molecule has 4 heteroatoms. The van der Waals surface area contributed by atoms with Crippen LogP contribution < -0.4 is 0 Å². The van der Waals surface area contributed by atoms with Gasteiger partial charge in [0.2, 0.25) is 0 Å². The first kappa shape index (κ1) is 8.82. The number of hydrogen-bond acceptors (Lipinski definition) is 1. The topological polar surface area (TPSA) is 37.3 Å². The van der Waals surface area contributed by atoms with Crippen molar-refractivity contribution >= 4 is 8.69 Å². The molecule has 1 atom stereocenters. The molecule has 0 aliphatic carbocycles. The molecule has 0 rings (SSSR count). The van der Waals surface area contributed by atoms with Crippen LogP contribution in [0.3, 0.4) is 0 Å². The zero-order valence-electron chi connectivity index (χ0n) is 2.06. The number of rotatable bonds is 0. The summed E-state index contributed by atoms with van der Waals surface area (Å²) in [6.45, 7) is 0. The Balaban J connectivity index is 0. The Morgan fingerprint density at radius 2 is 1.75 bits per heavy atom. The van der Waals surface area contributed by atoms with E-state index in [0.717, 1.165) is 0 Å². The van der Waals surface area contributed by atoms with Gasteiger partial charge in [0.05, 0.1) is 0 Å². The molecule has 1 unspecified atom stereocenters. The predicted molar refractivity (Wildman–Crippen MR) is 11.2 cm³/mol. The molecule has 0 bridgehead atoms. The third-order valence-corrected chi connectivity index (χ3v) is 0. The van der Waals surface area contributed by atoms with Crippen molar-refractivity contribution in [2.45, 2.75) is 0 Å². The van der Waals surface area contributed by atoms with Gasteiger partial charge in [0.25, 0.3) is 0 Å². The third kappa shape index (κ3) is 16.3. The van der Waals surface area contributed by atoms with Crippen molar-refractivity contribution in [2.75, 3.05) is 0 Å². The summed E-state index contributed by atoms with van der Waals surface area (Å²) >= 11 is 0. The van der Waals surface area contributed by atoms with Crippen molar-refractivity contribution in [1.29, 1.82) is 0 Å². The van der Waals surface area contributed by atoms with Crippen LogP contribution in [0.4, 0.5) is 0 Å². The largest absolute Gasteiger partial charge is 0.491 e. The van der Waals surface area contributed by atoms with Crippen LogP contribution in [0.2, 0.25) is 0 Å². The van der Waals surface area contributed by atoms with Crippen LogP contribution in [0.25, 0.3) is 0 Å². The smallest absolute Gasteiger partial charge is 0.162 e. The van der Waals surface area contributed by atoms with Crippen LogP contribution in [-0.2, 0) is 24.0 Å². The summed E-state index contributed by atoms with van der Waals surface area (Å²) < 4.78 is 8.51. The third-order valence-electron chi connectivity index (χ3n) is 0. The normalized spacial score (nSPS) is 5.25. The summed E-state index contributed by atoms with van der Waals surface area (Å²) in [6.07, 6.45) is 0.